The Hall–Kier alpha value is -2.41. The first-order chi connectivity index (χ1) is 12.0. The van der Waals surface area contributed by atoms with Crippen LogP contribution in [0.5, 0.6) is 17.2 Å². The maximum absolute atomic E-state index is 12.2. The van der Waals surface area contributed by atoms with E-state index in [1.165, 1.54) is 13.2 Å². The van der Waals surface area contributed by atoms with Gasteiger partial charge in [-0.05, 0) is 24.6 Å². The van der Waals surface area contributed by atoms with Gasteiger partial charge in [-0.15, -0.1) is 0 Å². The van der Waals surface area contributed by atoms with Crippen molar-refractivity contribution in [3.63, 3.8) is 0 Å². The van der Waals surface area contributed by atoms with E-state index in [4.69, 9.17) is 9.15 Å². The van der Waals surface area contributed by atoms with Crippen LogP contribution < -0.4 is 10.4 Å². The summed E-state index contributed by atoms with van der Waals surface area (Å²) in [5.74, 6) is 1.51. The molecule has 0 saturated heterocycles. The number of rotatable bonds is 3. The highest BCUT2D eigenvalue weighted by Gasteiger charge is 2.24. The van der Waals surface area contributed by atoms with Gasteiger partial charge in [0.05, 0.1) is 12.8 Å². The molecule has 0 spiro atoms. The molecule has 1 atom stereocenters. The maximum atomic E-state index is 12.2. The van der Waals surface area contributed by atoms with Gasteiger partial charge in [-0.1, -0.05) is 6.07 Å². The van der Waals surface area contributed by atoms with E-state index in [0.29, 0.717) is 30.2 Å². The number of aliphatic imine (C=N–C) groups is 1. The summed E-state index contributed by atoms with van der Waals surface area (Å²) in [5, 5.41) is 20.0. The monoisotopic (exact) mass is 361 g/mol. The number of hydrogen-bond acceptors (Lipinski definition) is 7. The second kappa shape index (κ2) is 7.23. The number of nitrogens with zero attached hydrogens (tertiary/aromatic N) is 1. The predicted molar refractivity (Wildman–Crippen MR) is 97.3 cm³/mol. The number of aromatic hydroxyl groups is 2. The molecule has 0 fully saturated rings. The highest BCUT2D eigenvalue weighted by molar-refractivity contribution is 7.99. The minimum Gasteiger partial charge on any atom is -0.507 e. The maximum Gasteiger partial charge on any atom is 0.348 e. The summed E-state index contributed by atoms with van der Waals surface area (Å²) in [4.78, 5) is 16.7. The molecule has 132 valence electrons. The average molecular weight is 361 g/mol. The van der Waals surface area contributed by atoms with Crippen LogP contribution in [0.3, 0.4) is 0 Å². The zero-order valence-corrected chi connectivity index (χ0v) is 14.8. The molecule has 1 unspecified atom stereocenters. The second-order valence-corrected chi connectivity index (χ2v) is 7.04. The van der Waals surface area contributed by atoms with Gasteiger partial charge in [0.25, 0.3) is 0 Å². The number of thioether (sulfide) groups is 1. The van der Waals surface area contributed by atoms with Crippen LogP contribution in [0.1, 0.15) is 28.6 Å². The van der Waals surface area contributed by atoms with Crippen molar-refractivity contribution in [2.45, 2.75) is 18.6 Å². The Morgan fingerprint density at radius 1 is 1.28 bits per heavy atom. The third-order valence-electron chi connectivity index (χ3n) is 4.01. The van der Waals surface area contributed by atoms with Gasteiger partial charge < -0.3 is 19.4 Å². The van der Waals surface area contributed by atoms with Crippen LogP contribution in [-0.4, -0.2) is 35.3 Å². The number of aryl methyl sites for hydroxylation is 1. The Morgan fingerprint density at radius 3 is 2.80 bits per heavy atom. The van der Waals surface area contributed by atoms with Crippen molar-refractivity contribution in [2.24, 2.45) is 4.99 Å². The minimum absolute atomic E-state index is 0.0239. The molecular formula is C18H19NO5S. The molecule has 6 nitrogen and oxygen atoms in total. The molecule has 1 aliphatic rings. The first-order valence-electron chi connectivity index (χ1n) is 7.85. The van der Waals surface area contributed by atoms with Gasteiger partial charge in [0, 0.05) is 30.0 Å². The van der Waals surface area contributed by atoms with Crippen molar-refractivity contribution >= 4 is 17.5 Å². The normalized spacial score (nSPS) is 17.7. The van der Waals surface area contributed by atoms with Crippen LogP contribution in [0.25, 0.3) is 0 Å². The molecular weight excluding hydrogens is 342 g/mol. The molecule has 25 heavy (non-hydrogen) atoms. The third-order valence-corrected chi connectivity index (χ3v) is 5.27. The van der Waals surface area contributed by atoms with Gasteiger partial charge in [-0.2, -0.15) is 11.8 Å². The van der Waals surface area contributed by atoms with Gasteiger partial charge in [0.1, 0.15) is 17.1 Å². The summed E-state index contributed by atoms with van der Waals surface area (Å²) in [6.07, 6.45) is 0.472. The molecule has 3 rings (SSSR count). The fourth-order valence-electron chi connectivity index (χ4n) is 2.83. The molecule has 0 saturated carbocycles. The van der Waals surface area contributed by atoms with E-state index in [9.17, 15) is 15.0 Å². The van der Waals surface area contributed by atoms with Gasteiger partial charge in [0.15, 0.2) is 11.5 Å². The average Bonchev–Trinajstić information content (AvgIpc) is 2.80. The van der Waals surface area contributed by atoms with E-state index in [2.05, 4.69) is 4.99 Å². The highest BCUT2D eigenvalue weighted by atomic mass is 32.2. The lowest BCUT2D eigenvalue weighted by molar-refractivity contribution is 0.373. The Bertz CT molecular complexity index is 874. The molecule has 2 heterocycles. The topological polar surface area (TPSA) is 92.3 Å². The van der Waals surface area contributed by atoms with Crippen LogP contribution in [0.4, 0.5) is 0 Å². The number of hydrogen-bond donors (Lipinski definition) is 2. The van der Waals surface area contributed by atoms with E-state index < -0.39 is 5.63 Å². The fraction of sp³-hybridized carbons (Fsp3) is 0.333. The van der Waals surface area contributed by atoms with Crippen molar-refractivity contribution in [1.29, 1.82) is 0 Å². The van der Waals surface area contributed by atoms with Crippen LogP contribution in [0.2, 0.25) is 0 Å². The first kappa shape index (κ1) is 17.4. The van der Waals surface area contributed by atoms with Crippen LogP contribution >= 0.6 is 11.8 Å². The summed E-state index contributed by atoms with van der Waals surface area (Å²) in [5.41, 5.74) is 1.05. The van der Waals surface area contributed by atoms with Gasteiger partial charge >= 0.3 is 5.63 Å². The van der Waals surface area contributed by atoms with Crippen LogP contribution in [0.15, 0.2) is 38.5 Å². The van der Waals surface area contributed by atoms with Crippen molar-refractivity contribution in [1.82, 2.24) is 0 Å². The molecule has 2 aromatic rings. The van der Waals surface area contributed by atoms with Crippen LogP contribution in [0, 0.1) is 6.92 Å². The van der Waals surface area contributed by atoms with Gasteiger partial charge in [0.2, 0.25) is 0 Å². The fourth-order valence-corrected chi connectivity index (χ4v) is 3.92. The second-order valence-electron chi connectivity index (χ2n) is 5.73. The Kier molecular flexibility index (Phi) is 5.03. The predicted octanol–water partition coefficient (Wildman–Crippen LogP) is 3.04. The quantitative estimate of drug-likeness (QED) is 0.873. The zero-order chi connectivity index (χ0) is 18.0. The minimum atomic E-state index is -0.579. The molecule has 0 bridgehead atoms. The first-order valence-corrected chi connectivity index (χ1v) is 8.90. The van der Waals surface area contributed by atoms with Gasteiger partial charge in [-0.25, -0.2) is 4.79 Å². The number of phenolic OH excluding ortho intramolecular Hbond substituents is 1. The molecule has 2 N–H and O–H groups in total. The summed E-state index contributed by atoms with van der Waals surface area (Å²) in [6.45, 7) is 2.17. The van der Waals surface area contributed by atoms with Crippen molar-refractivity contribution in [3.05, 3.63) is 51.6 Å². The largest absolute Gasteiger partial charge is 0.507 e. The van der Waals surface area contributed by atoms with E-state index in [1.54, 1.807) is 30.8 Å². The Morgan fingerprint density at radius 2 is 2.08 bits per heavy atom. The summed E-state index contributed by atoms with van der Waals surface area (Å²) in [7, 11) is 1.50. The SMILES string of the molecule is COc1cc(C2CC(c3c(O)cc(C)oc3=O)=NCCS2)ccc1O. The molecule has 0 radical (unpaired) electrons. The zero-order valence-electron chi connectivity index (χ0n) is 14.0. The van der Waals surface area contributed by atoms with Gasteiger partial charge in [-0.3, -0.25) is 4.99 Å². The molecule has 0 amide bonds. The van der Waals surface area contributed by atoms with Crippen molar-refractivity contribution in [3.8, 4) is 17.2 Å². The number of methoxy groups -OCH3 is 1. The lowest BCUT2D eigenvalue weighted by Crippen LogP contribution is -2.17. The van der Waals surface area contributed by atoms with E-state index >= 15 is 0 Å². The molecule has 1 aromatic heterocycles. The molecule has 1 aromatic carbocycles. The lowest BCUT2D eigenvalue weighted by atomic mass is 10.0. The summed E-state index contributed by atoms with van der Waals surface area (Å²) >= 11 is 1.71. The van der Waals surface area contributed by atoms with Crippen molar-refractivity contribution < 1.29 is 19.4 Å². The standard InChI is InChI=1S/C18H19NO5S/c1-10-7-14(21)17(18(22)24-10)12-9-16(25-6-5-19-12)11-3-4-13(20)15(8-11)23-2/h3-4,7-8,16,20-21H,5-6,9H2,1-2H3. The van der Waals surface area contributed by atoms with E-state index in [1.807, 2.05) is 6.07 Å². The highest BCUT2D eigenvalue weighted by Crippen LogP contribution is 2.39. The van der Waals surface area contributed by atoms with E-state index in [0.717, 1.165) is 11.3 Å². The Labute approximate surface area is 149 Å². The lowest BCUT2D eigenvalue weighted by Gasteiger charge is -2.17. The van der Waals surface area contributed by atoms with Crippen molar-refractivity contribution in [2.75, 3.05) is 19.4 Å². The third kappa shape index (κ3) is 3.66. The molecule has 0 aliphatic carbocycles. The van der Waals surface area contributed by atoms with E-state index in [-0.39, 0.29) is 22.3 Å². The molecule has 7 heteroatoms. The number of phenols is 1. The smallest absolute Gasteiger partial charge is 0.348 e. The summed E-state index contributed by atoms with van der Waals surface area (Å²) < 4.78 is 10.3. The number of benzene rings is 1. The molecule has 1 aliphatic heterocycles. The van der Waals surface area contributed by atoms with Crippen LogP contribution in [-0.2, 0) is 0 Å². The summed E-state index contributed by atoms with van der Waals surface area (Å²) in [6, 6.07) is 6.63. The Balaban J connectivity index is 1.96. The number of ether oxygens (including phenoxy) is 1.